The molecule has 4 heteroatoms. The number of carbonyl (C=O) groups excluding carboxylic acids is 1. The van der Waals surface area contributed by atoms with E-state index in [0.717, 1.165) is 5.57 Å². The van der Waals surface area contributed by atoms with Gasteiger partial charge in [0.05, 0.1) is 5.02 Å². The number of nitrogens with one attached hydrogen (secondary N) is 1. The zero-order chi connectivity index (χ0) is 9.84. The summed E-state index contributed by atoms with van der Waals surface area (Å²) in [5, 5.41) is 5.01. The summed E-state index contributed by atoms with van der Waals surface area (Å²) in [5.41, 5.74) is 0.918. The van der Waals surface area contributed by atoms with Crippen LogP contribution in [0.25, 0.3) is 0 Å². The molecule has 1 amide bonds. The molecule has 0 bridgehead atoms. The Morgan fingerprint density at radius 3 is 2.92 bits per heavy atom. The molecular formula is C9H10ClNOS. The SMILES string of the molecule is C=C(C)CNC(=O)c1sccc1Cl. The molecule has 0 atom stereocenters. The third kappa shape index (κ3) is 2.86. The first-order valence-electron chi connectivity index (χ1n) is 3.77. The molecule has 0 aliphatic rings. The molecule has 1 N–H and O–H groups in total. The highest BCUT2D eigenvalue weighted by atomic mass is 35.5. The molecular weight excluding hydrogens is 206 g/mol. The number of hydrogen-bond acceptors (Lipinski definition) is 2. The summed E-state index contributed by atoms with van der Waals surface area (Å²) >= 11 is 7.11. The van der Waals surface area contributed by atoms with Gasteiger partial charge in [-0.1, -0.05) is 23.8 Å². The fourth-order valence-corrected chi connectivity index (χ4v) is 1.82. The van der Waals surface area contributed by atoms with E-state index >= 15 is 0 Å². The predicted molar refractivity (Wildman–Crippen MR) is 56.5 cm³/mol. The lowest BCUT2D eigenvalue weighted by atomic mass is 10.3. The van der Waals surface area contributed by atoms with Gasteiger partial charge in [0.2, 0.25) is 0 Å². The Morgan fingerprint density at radius 2 is 2.46 bits per heavy atom. The van der Waals surface area contributed by atoms with Gasteiger partial charge < -0.3 is 5.32 Å². The van der Waals surface area contributed by atoms with Crippen LogP contribution in [0.3, 0.4) is 0 Å². The summed E-state index contributed by atoms with van der Waals surface area (Å²) in [5.74, 6) is -0.136. The number of hydrogen-bond donors (Lipinski definition) is 1. The second-order valence-electron chi connectivity index (χ2n) is 2.74. The van der Waals surface area contributed by atoms with E-state index in [9.17, 15) is 4.79 Å². The van der Waals surface area contributed by atoms with Crippen molar-refractivity contribution in [3.63, 3.8) is 0 Å². The normalized spacial score (nSPS) is 9.69. The predicted octanol–water partition coefficient (Wildman–Crippen LogP) is 2.71. The molecule has 2 nitrogen and oxygen atoms in total. The van der Waals surface area contributed by atoms with Crippen LogP contribution < -0.4 is 5.32 Å². The summed E-state index contributed by atoms with van der Waals surface area (Å²) in [6.07, 6.45) is 0. The first-order chi connectivity index (χ1) is 6.11. The molecule has 1 rings (SSSR count). The number of carbonyl (C=O) groups is 1. The quantitative estimate of drug-likeness (QED) is 0.772. The fraction of sp³-hybridized carbons (Fsp3) is 0.222. The van der Waals surface area contributed by atoms with Crippen molar-refractivity contribution in [1.82, 2.24) is 5.32 Å². The lowest BCUT2D eigenvalue weighted by Gasteiger charge is -2.02. The Morgan fingerprint density at radius 1 is 1.77 bits per heavy atom. The van der Waals surface area contributed by atoms with Crippen LogP contribution in [0.15, 0.2) is 23.6 Å². The third-order valence-corrected chi connectivity index (χ3v) is 2.71. The Balaban J connectivity index is 2.59. The van der Waals surface area contributed by atoms with Gasteiger partial charge in [-0.05, 0) is 18.4 Å². The minimum absolute atomic E-state index is 0.136. The average Bonchev–Trinajstić information content (AvgIpc) is 2.47. The Hall–Kier alpha value is -0.800. The third-order valence-electron chi connectivity index (χ3n) is 1.37. The summed E-state index contributed by atoms with van der Waals surface area (Å²) in [6, 6.07) is 1.71. The van der Waals surface area contributed by atoms with Crippen LogP contribution in [-0.4, -0.2) is 12.5 Å². The second-order valence-corrected chi connectivity index (χ2v) is 4.06. The maximum atomic E-state index is 11.4. The van der Waals surface area contributed by atoms with Crippen molar-refractivity contribution in [2.45, 2.75) is 6.92 Å². The number of rotatable bonds is 3. The van der Waals surface area contributed by atoms with Crippen LogP contribution in [0.1, 0.15) is 16.6 Å². The Bertz CT molecular complexity index is 332. The highest BCUT2D eigenvalue weighted by Gasteiger charge is 2.10. The van der Waals surface area contributed by atoms with Gasteiger partial charge in [-0.25, -0.2) is 0 Å². The van der Waals surface area contributed by atoms with Crippen LogP contribution in [-0.2, 0) is 0 Å². The van der Waals surface area contributed by atoms with E-state index in [0.29, 0.717) is 16.4 Å². The van der Waals surface area contributed by atoms with Crippen molar-refractivity contribution in [3.05, 3.63) is 33.5 Å². The van der Waals surface area contributed by atoms with Crippen LogP contribution in [0, 0.1) is 0 Å². The van der Waals surface area contributed by atoms with E-state index in [1.165, 1.54) is 11.3 Å². The summed E-state index contributed by atoms with van der Waals surface area (Å²) in [6.45, 7) is 6.04. The summed E-state index contributed by atoms with van der Waals surface area (Å²) in [7, 11) is 0. The molecule has 1 aromatic rings. The molecule has 1 aromatic heterocycles. The Kier molecular flexibility index (Phi) is 3.51. The van der Waals surface area contributed by atoms with Gasteiger partial charge in [-0.3, -0.25) is 4.79 Å². The summed E-state index contributed by atoms with van der Waals surface area (Å²) < 4.78 is 0. The van der Waals surface area contributed by atoms with E-state index in [1.54, 1.807) is 11.4 Å². The van der Waals surface area contributed by atoms with Crippen molar-refractivity contribution in [3.8, 4) is 0 Å². The number of amides is 1. The zero-order valence-electron chi connectivity index (χ0n) is 7.26. The topological polar surface area (TPSA) is 29.1 Å². The van der Waals surface area contributed by atoms with Gasteiger partial charge in [-0.2, -0.15) is 0 Å². The molecule has 0 spiro atoms. The second kappa shape index (κ2) is 4.44. The van der Waals surface area contributed by atoms with Gasteiger partial charge in [0.1, 0.15) is 4.88 Å². The molecule has 1 heterocycles. The first kappa shape index (κ1) is 10.3. The maximum Gasteiger partial charge on any atom is 0.263 e. The van der Waals surface area contributed by atoms with Gasteiger partial charge in [-0.15, -0.1) is 11.3 Å². The van der Waals surface area contributed by atoms with Crippen molar-refractivity contribution in [2.24, 2.45) is 0 Å². The van der Waals surface area contributed by atoms with Gasteiger partial charge >= 0.3 is 0 Å². The lowest BCUT2D eigenvalue weighted by Crippen LogP contribution is -2.24. The molecule has 70 valence electrons. The monoisotopic (exact) mass is 215 g/mol. The summed E-state index contributed by atoms with van der Waals surface area (Å²) in [4.78, 5) is 12.0. The van der Waals surface area contributed by atoms with E-state index in [4.69, 9.17) is 11.6 Å². The van der Waals surface area contributed by atoms with Gasteiger partial charge in [0, 0.05) is 6.54 Å². The highest BCUT2D eigenvalue weighted by Crippen LogP contribution is 2.21. The van der Waals surface area contributed by atoms with Crippen molar-refractivity contribution in [2.75, 3.05) is 6.54 Å². The lowest BCUT2D eigenvalue weighted by molar-refractivity contribution is 0.0961. The van der Waals surface area contributed by atoms with E-state index in [2.05, 4.69) is 11.9 Å². The average molecular weight is 216 g/mol. The molecule has 0 aliphatic heterocycles. The van der Waals surface area contributed by atoms with Gasteiger partial charge in [0.25, 0.3) is 5.91 Å². The van der Waals surface area contributed by atoms with E-state index < -0.39 is 0 Å². The van der Waals surface area contributed by atoms with Crippen molar-refractivity contribution in [1.29, 1.82) is 0 Å². The Labute approximate surface area is 86.2 Å². The first-order valence-corrected chi connectivity index (χ1v) is 5.02. The standard InChI is InChI=1S/C9H10ClNOS/c1-6(2)5-11-9(12)8-7(10)3-4-13-8/h3-4H,1,5H2,2H3,(H,11,12). The zero-order valence-corrected chi connectivity index (χ0v) is 8.84. The smallest absolute Gasteiger partial charge is 0.263 e. The fourth-order valence-electron chi connectivity index (χ4n) is 0.767. The largest absolute Gasteiger partial charge is 0.348 e. The van der Waals surface area contributed by atoms with Crippen molar-refractivity contribution >= 4 is 28.8 Å². The highest BCUT2D eigenvalue weighted by molar-refractivity contribution is 7.12. The van der Waals surface area contributed by atoms with Crippen molar-refractivity contribution < 1.29 is 4.79 Å². The molecule has 0 saturated carbocycles. The molecule has 0 radical (unpaired) electrons. The van der Waals surface area contributed by atoms with Crippen LogP contribution >= 0.6 is 22.9 Å². The number of thiophene rings is 1. The molecule has 13 heavy (non-hydrogen) atoms. The molecule has 0 fully saturated rings. The minimum atomic E-state index is -0.136. The van der Waals surface area contributed by atoms with Crippen LogP contribution in [0.5, 0.6) is 0 Å². The van der Waals surface area contributed by atoms with Crippen LogP contribution in [0.2, 0.25) is 5.02 Å². The van der Waals surface area contributed by atoms with E-state index in [1.807, 2.05) is 6.92 Å². The molecule has 0 aliphatic carbocycles. The number of halogens is 1. The van der Waals surface area contributed by atoms with E-state index in [-0.39, 0.29) is 5.91 Å². The maximum absolute atomic E-state index is 11.4. The van der Waals surface area contributed by atoms with Gasteiger partial charge in [0.15, 0.2) is 0 Å². The minimum Gasteiger partial charge on any atom is -0.348 e. The van der Waals surface area contributed by atoms with Crippen LogP contribution in [0.4, 0.5) is 0 Å². The molecule has 0 saturated heterocycles. The molecule has 0 unspecified atom stereocenters. The molecule has 0 aromatic carbocycles.